The normalized spacial score (nSPS) is 16.5. The van der Waals surface area contributed by atoms with Crippen molar-refractivity contribution < 1.29 is 19.1 Å². The molecule has 2 amide bonds. The minimum Gasteiger partial charge on any atom is -0.490 e. The van der Waals surface area contributed by atoms with Crippen LogP contribution in [0.4, 0.5) is 10.5 Å². The van der Waals surface area contributed by atoms with Crippen LogP contribution in [0.15, 0.2) is 42.5 Å². The number of nitrogens with zero attached hydrogens (tertiary/aromatic N) is 4. The standard InChI is InChI=1S/C33H42N6O4/c1-33(2,3)43-32(41)38-17-15-27(16-18-38)42-26-12-10-24(11-13-26)35-21-30-37-28-19-23(20-34)9-14-29(28)39(30)22-31(40)36-25-7-5-4-6-8-25/h9-14,19,25,27,35H,4-8,15-18,21-22H2,1-3H3,(H,36,40). The number of anilines is 1. The van der Waals surface area contributed by atoms with Gasteiger partial charge in [0, 0.05) is 37.7 Å². The Bertz CT molecular complexity index is 1460. The number of nitriles is 1. The van der Waals surface area contributed by atoms with Crippen molar-refractivity contribution in [3.63, 3.8) is 0 Å². The van der Waals surface area contributed by atoms with Crippen LogP contribution >= 0.6 is 0 Å². The number of benzene rings is 2. The summed E-state index contributed by atoms with van der Waals surface area (Å²) in [7, 11) is 0. The molecule has 1 saturated carbocycles. The highest BCUT2D eigenvalue weighted by atomic mass is 16.6. The molecule has 0 spiro atoms. The Hall–Kier alpha value is -4.26. The van der Waals surface area contributed by atoms with Gasteiger partial charge in [-0.2, -0.15) is 5.26 Å². The maximum atomic E-state index is 13.0. The molecule has 10 nitrogen and oxygen atoms in total. The molecule has 0 bridgehead atoms. The fraction of sp³-hybridized carbons (Fsp3) is 0.515. The first-order valence-corrected chi connectivity index (χ1v) is 15.3. The zero-order valence-corrected chi connectivity index (χ0v) is 25.4. The van der Waals surface area contributed by atoms with Crippen LogP contribution < -0.4 is 15.4 Å². The number of hydrogen-bond acceptors (Lipinski definition) is 7. The number of nitrogens with one attached hydrogen (secondary N) is 2. The van der Waals surface area contributed by atoms with Crippen molar-refractivity contribution >= 4 is 28.7 Å². The topological polar surface area (TPSA) is 122 Å². The Labute approximate surface area is 253 Å². The lowest BCUT2D eigenvalue weighted by Crippen LogP contribution is -2.44. The fourth-order valence-electron chi connectivity index (χ4n) is 5.73. The first-order valence-electron chi connectivity index (χ1n) is 15.3. The number of piperidine rings is 1. The third kappa shape index (κ3) is 8.19. The van der Waals surface area contributed by atoms with Crippen LogP contribution in [0, 0.1) is 11.3 Å². The fourth-order valence-corrected chi connectivity index (χ4v) is 5.73. The van der Waals surface area contributed by atoms with Gasteiger partial charge in [0.05, 0.1) is 29.2 Å². The molecule has 2 N–H and O–H groups in total. The Kier molecular flexibility index (Phi) is 9.39. The number of fused-ring (bicyclic) bond motifs is 1. The van der Waals surface area contributed by atoms with Crippen LogP contribution in [0.1, 0.15) is 77.1 Å². The molecule has 0 atom stereocenters. The van der Waals surface area contributed by atoms with E-state index in [1.54, 1.807) is 17.0 Å². The van der Waals surface area contributed by atoms with E-state index in [9.17, 15) is 14.9 Å². The van der Waals surface area contributed by atoms with Crippen LogP contribution in [0.2, 0.25) is 0 Å². The Balaban J connectivity index is 1.18. The molecule has 3 aromatic rings. The highest BCUT2D eigenvalue weighted by Gasteiger charge is 2.27. The van der Waals surface area contributed by atoms with Gasteiger partial charge in [0.2, 0.25) is 5.91 Å². The predicted octanol–water partition coefficient (Wildman–Crippen LogP) is 5.75. The lowest BCUT2D eigenvalue weighted by Gasteiger charge is -2.33. The first-order chi connectivity index (χ1) is 20.7. The number of hydrogen-bond donors (Lipinski definition) is 2. The van der Waals surface area contributed by atoms with Gasteiger partial charge in [0.1, 0.15) is 29.8 Å². The monoisotopic (exact) mass is 586 g/mol. The van der Waals surface area contributed by atoms with E-state index in [-0.39, 0.29) is 30.7 Å². The van der Waals surface area contributed by atoms with Crippen molar-refractivity contribution in [1.82, 2.24) is 19.8 Å². The van der Waals surface area contributed by atoms with Crippen LogP contribution in [-0.4, -0.2) is 57.3 Å². The number of likely N-dealkylation sites (tertiary alicyclic amines) is 1. The molecule has 10 heteroatoms. The minimum atomic E-state index is -0.503. The smallest absolute Gasteiger partial charge is 0.410 e. The molecule has 1 aliphatic heterocycles. The van der Waals surface area contributed by atoms with E-state index < -0.39 is 5.60 Å². The van der Waals surface area contributed by atoms with E-state index >= 15 is 0 Å². The summed E-state index contributed by atoms with van der Waals surface area (Å²) in [6, 6.07) is 15.6. The average Bonchev–Trinajstić information content (AvgIpc) is 3.32. The van der Waals surface area contributed by atoms with E-state index in [0.29, 0.717) is 30.7 Å². The lowest BCUT2D eigenvalue weighted by molar-refractivity contribution is -0.122. The minimum absolute atomic E-state index is 0.0183. The number of ether oxygens (including phenoxy) is 2. The van der Waals surface area contributed by atoms with E-state index in [1.807, 2.05) is 55.7 Å². The summed E-state index contributed by atoms with van der Waals surface area (Å²) in [5.41, 5.74) is 2.46. The van der Waals surface area contributed by atoms with Gasteiger partial charge < -0.3 is 29.6 Å². The second-order valence-electron chi connectivity index (χ2n) is 12.5. The molecule has 2 aliphatic rings. The number of carbonyl (C=O) groups is 2. The SMILES string of the molecule is CC(C)(C)OC(=O)N1CCC(Oc2ccc(NCc3nc4cc(C#N)ccc4n3CC(=O)NC3CCCCC3)cc2)CC1. The molecule has 2 fully saturated rings. The molecular weight excluding hydrogens is 544 g/mol. The Morgan fingerprint density at radius 1 is 1.02 bits per heavy atom. The molecule has 1 aromatic heterocycles. The van der Waals surface area contributed by atoms with Gasteiger partial charge in [-0.25, -0.2) is 9.78 Å². The molecule has 228 valence electrons. The van der Waals surface area contributed by atoms with Crippen molar-refractivity contribution in [2.75, 3.05) is 18.4 Å². The maximum absolute atomic E-state index is 13.0. The molecule has 1 saturated heterocycles. The van der Waals surface area contributed by atoms with Gasteiger partial charge in [-0.15, -0.1) is 0 Å². The van der Waals surface area contributed by atoms with Gasteiger partial charge >= 0.3 is 6.09 Å². The quantitative estimate of drug-likeness (QED) is 0.345. The zero-order chi connectivity index (χ0) is 30.4. The predicted molar refractivity (Wildman–Crippen MR) is 165 cm³/mol. The molecular formula is C33H42N6O4. The van der Waals surface area contributed by atoms with E-state index in [4.69, 9.17) is 14.5 Å². The van der Waals surface area contributed by atoms with Gasteiger partial charge in [0.15, 0.2) is 0 Å². The lowest BCUT2D eigenvalue weighted by atomic mass is 9.95. The van der Waals surface area contributed by atoms with E-state index in [2.05, 4.69) is 16.7 Å². The summed E-state index contributed by atoms with van der Waals surface area (Å²) in [5, 5.41) is 16.0. The summed E-state index contributed by atoms with van der Waals surface area (Å²) in [6.07, 6.45) is 6.86. The Morgan fingerprint density at radius 3 is 2.42 bits per heavy atom. The van der Waals surface area contributed by atoms with E-state index in [1.165, 1.54) is 6.42 Å². The molecule has 0 radical (unpaired) electrons. The van der Waals surface area contributed by atoms with Crippen LogP contribution in [0.25, 0.3) is 11.0 Å². The number of amides is 2. The van der Waals surface area contributed by atoms with Crippen molar-refractivity contribution in [1.29, 1.82) is 5.26 Å². The number of imidazole rings is 1. The van der Waals surface area contributed by atoms with Gasteiger partial charge in [-0.1, -0.05) is 19.3 Å². The van der Waals surface area contributed by atoms with Crippen LogP contribution in [0.3, 0.4) is 0 Å². The van der Waals surface area contributed by atoms with E-state index in [0.717, 1.165) is 61.3 Å². The van der Waals surface area contributed by atoms with Crippen LogP contribution in [0.5, 0.6) is 5.75 Å². The third-order valence-corrected chi connectivity index (χ3v) is 7.93. The molecule has 0 unspecified atom stereocenters. The summed E-state index contributed by atoms with van der Waals surface area (Å²) in [4.78, 5) is 31.9. The highest BCUT2D eigenvalue weighted by Crippen LogP contribution is 2.24. The number of rotatable bonds is 8. The molecule has 43 heavy (non-hydrogen) atoms. The second-order valence-corrected chi connectivity index (χ2v) is 12.5. The van der Waals surface area contributed by atoms with Crippen molar-refractivity contribution in [2.24, 2.45) is 0 Å². The van der Waals surface area contributed by atoms with Crippen molar-refractivity contribution in [3.8, 4) is 11.8 Å². The van der Waals surface area contributed by atoms with Gasteiger partial charge in [0.25, 0.3) is 0 Å². The summed E-state index contributed by atoms with van der Waals surface area (Å²) in [5.74, 6) is 1.48. The van der Waals surface area contributed by atoms with Gasteiger partial charge in [-0.3, -0.25) is 4.79 Å². The maximum Gasteiger partial charge on any atom is 0.410 e. The summed E-state index contributed by atoms with van der Waals surface area (Å²) >= 11 is 0. The van der Waals surface area contributed by atoms with Crippen LogP contribution in [-0.2, 0) is 22.6 Å². The average molecular weight is 587 g/mol. The van der Waals surface area contributed by atoms with Gasteiger partial charge in [-0.05, 0) is 76.1 Å². The molecule has 2 aromatic carbocycles. The second kappa shape index (κ2) is 13.4. The zero-order valence-electron chi connectivity index (χ0n) is 25.4. The molecule has 2 heterocycles. The van der Waals surface area contributed by atoms with Crippen molar-refractivity contribution in [2.45, 2.75) is 96.6 Å². The highest BCUT2D eigenvalue weighted by molar-refractivity contribution is 5.82. The largest absolute Gasteiger partial charge is 0.490 e. The molecule has 1 aliphatic carbocycles. The Morgan fingerprint density at radius 2 is 1.74 bits per heavy atom. The first kappa shape index (κ1) is 30.2. The third-order valence-electron chi connectivity index (χ3n) is 7.93. The molecule has 5 rings (SSSR count). The number of aromatic nitrogens is 2. The summed E-state index contributed by atoms with van der Waals surface area (Å²) in [6.45, 7) is 7.42. The number of carbonyl (C=O) groups excluding carboxylic acids is 2. The summed E-state index contributed by atoms with van der Waals surface area (Å²) < 4.78 is 13.6. The van der Waals surface area contributed by atoms with Crippen molar-refractivity contribution in [3.05, 3.63) is 53.9 Å².